The standard InChI is InChI=1S/C26H32N6/c1-28-18-24(27)21-5-6-22-17-31-26(16-23(22)15-21)30-10-3-4-19-7-11-29-25(14-19)20-8-12-32(2)13-9-20/h5-8,11,14-18,28H,3-4,9-10,12-13,27H2,1-2H3,(H,30,31)/b24-18-. The fourth-order valence-corrected chi connectivity index (χ4v) is 3.97. The Morgan fingerprint density at radius 1 is 1.16 bits per heavy atom. The van der Waals surface area contributed by atoms with Crippen molar-refractivity contribution in [1.29, 1.82) is 0 Å². The molecular formula is C26H32N6. The van der Waals surface area contributed by atoms with Crippen molar-refractivity contribution in [3.05, 3.63) is 77.9 Å². The molecule has 166 valence electrons. The molecule has 0 aliphatic carbocycles. The van der Waals surface area contributed by atoms with Crippen LogP contribution in [0.15, 0.2) is 61.1 Å². The summed E-state index contributed by atoms with van der Waals surface area (Å²) in [6, 6.07) is 12.6. The predicted molar refractivity (Wildman–Crippen MR) is 134 cm³/mol. The molecule has 0 atom stereocenters. The van der Waals surface area contributed by atoms with Crippen LogP contribution in [0.1, 0.15) is 29.7 Å². The lowest BCUT2D eigenvalue weighted by Gasteiger charge is -2.21. The Hall–Kier alpha value is -3.38. The normalized spacial score (nSPS) is 14.9. The molecule has 0 bridgehead atoms. The molecule has 6 heteroatoms. The van der Waals surface area contributed by atoms with Crippen molar-refractivity contribution >= 4 is 27.9 Å². The van der Waals surface area contributed by atoms with Crippen LogP contribution >= 0.6 is 0 Å². The SMILES string of the molecule is CN/C=C(\N)c1ccc2cnc(NCCCc3ccnc(C4=CCN(C)CC4)c3)cc2c1. The summed E-state index contributed by atoms with van der Waals surface area (Å²) in [4.78, 5) is 11.5. The van der Waals surface area contributed by atoms with E-state index in [-0.39, 0.29) is 0 Å². The maximum absolute atomic E-state index is 6.11. The number of aromatic nitrogens is 2. The number of benzene rings is 1. The number of nitrogens with zero attached hydrogens (tertiary/aromatic N) is 3. The average Bonchev–Trinajstić information content (AvgIpc) is 2.82. The van der Waals surface area contributed by atoms with E-state index in [0.29, 0.717) is 5.70 Å². The Kier molecular flexibility index (Phi) is 7.02. The van der Waals surface area contributed by atoms with Crippen LogP contribution in [0.25, 0.3) is 22.0 Å². The third-order valence-corrected chi connectivity index (χ3v) is 5.87. The summed E-state index contributed by atoms with van der Waals surface area (Å²) in [6.07, 6.45) is 11.1. The number of anilines is 1. The van der Waals surface area contributed by atoms with Crippen molar-refractivity contribution in [3.63, 3.8) is 0 Å². The molecule has 3 aromatic rings. The lowest BCUT2D eigenvalue weighted by molar-refractivity contribution is 0.369. The van der Waals surface area contributed by atoms with Gasteiger partial charge in [-0.3, -0.25) is 4.98 Å². The van der Waals surface area contributed by atoms with Crippen LogP contribution < -0.4 is 16.4 Å². The average molecular weight is 429 g/mol. The van der Waals surface area contributed by atoms with E-state index >= 15 is 0 Å². The molecule has 1 aliphatic heterocycles. The Labute approximate surface area is 190 Å². The van der Waals surface area contributed by atoms with E-state index in [4.69, 9.17) is 5.73 Å². The number of hydrogen-bond donors (Lipinski definition) is 3. The van der Waals surface area contributed by atoms with E-state index in [1.807, 2.05) is 25.5 Å². The van der Waals surface area contributed by atoms with Gasteiger partial charge in [0, 0.05) is 50.7 Å². The summed E-state index contributed by atoms with van der Waals surface area (Å²) in [6.45, 7) is 2.97. The molecule has 0 radical (unpaired) electrons. The van der Waals surface area contributed by atoms with Gasteiger partial charge in [-0.05, 0) is 72.7 Å². The van der Waals surface area contributed by atoms with Crippen LogP contribution in [-0.4, -0.2) is 48.6 Å². The van der Waals surface area contributed by atoms with Crippen LogP contribution in [0.5, 0.6) is 0 Å². The van der Waals surface area contributed by atoms with Crippen LogP contribution in [0.3, 0.4) is 0 Å². The van der Waals surface area contributed by atoms with Crippen LogP contribution in [-0.2, 0) is 6.42 Å². The minimum absolute atomic E-state index is 0.716. The molecule has 1 aromatic carbocycles. The van der Waals surface area contributed by atoms with E-state index < -0.39 is 0 Å². The van der Waals surface area contributed by atoms with Gasteiger partial charge in [-0.1, -0.05) is 18.2 Å². The number of nitrogens with two attached hydrogens (primary N) is 1. The third-order valence-electron chi connectivity index (χ3n) is 5.87. The first kappa shape index (κ1) is 21.8. The van der Waals surface area contributed by atoms with Gasteiger partial charge >= 0.3 is 0 Å². The molecule has 4 rings (SSSR count). The van der Waals surface area contributed by atoms with Crippen LogP contribution in [0.4, 0.5) is 5.82 Å². The summed E-state index contributed by atoms with van der Waals surface area (Å²) in [5, 5.41) is 8.66. The first-order valence-electron chi connectivity index (χ1n) is 11.2. The van der Waals surface area contributed by atoms with Gasteiger partial charge in [-0.25, -0.2) is 4.98 Å². The fourth-order valence-electron chi connectivity index (χ4n) is 3.97. The van der Waals surface area contributed by atoms with E-state index in [1.165, 1.54) is 11.1 Å². The molecule has 3 heterocycles. The number of pyridine rings is 2. The van der Waals surface area contributed by atoms with Crippen molar-refractivity contribution in [1.82, 2.24) is 20.2 Å². The summed E-state index contributed by atoms with van der Waals surface area (Å²) in [5.41, 5.74) is 11.7. The van der Waals surface area contributed by atoms with Crippen molar-refractivity contribution in [2.75, 3.05) is 39.0 Å². The second-order valence-corrected chi connectivity index (χ2v) is 8.34. The molecule has 1 aliphatic rings. The van der Waals surface area contributed by atoms with Gasteiger partial charge in [0.2, 0.25) is 0 Å². The largest absolute Gasteiger partial charge is 0.397 e. The molecule has 0 saturated heterocycles. The second kappa shape index (κ2) is 10.3. The molecule has 0 unspecified atom stereocenters. The van der Waals surface area contributed by atoms with E-state index in [9.17, 15) is 0 Å². The smallest absolute Gasteiger partial charge is 0.126 e. The number of likely N-dealkylation sites (N-methyl/N-ethyl adjacent to an activating group) is 1. The molecule has 4 N–H and O–H groups in total. The number of fused-ring (bicyclic) bond motifs is 1. The number of aryl methyl sites for hydroxylation is 1. The van der Waals surface area contributed by atoms with E-state index in [1.54, 1.807) is 6.20 Å². The minimum atomic E-state index is 0.716. The highest BCUT2D eigenvalue weighted by molar-refractivity contribution is 5.87. The van der Waals surface area contributed by atoms with Crippen molar-refractivity contribution in [2.45, 2.75) is 19.3 Å². The molecule has 0 saturated carbocycles. The van der Waals surface area contributed by atoms with Gasteiger partial charge in [0.25, 0.3) is 0 Å². The lowest BCUT2D eigenvalue weighted by atomic mass is 10.0. The Morgan fingerprint density at radius 2 is 2.06 bits per heavy atom. The molecule has 6 nitrogen and oxygen atoms in total. The highest BCUT2D eigenvalue weighted by Gasteiger charge is 2.11. The number of rotatable bonds is 8. The first-order chi connectivity index (χ1) is 15.6. The predicted octanol–water partition coefficient (Wildman–Crippen LogP) is 3.87. The maximum Gasteiger partial charge on any atom is 0.126 e. The van der Waals surface area contributed by atoms with Gasteiger partial charge in [0.1, 0.15) is 5.82 Å². The number of hydrogen-bond acceptors (Lipinski definition) is 6. The number of nitrogens with one attached hydrogen (secondary N) is 2. The lowest BCUT2D eigenvalue weighted by Crippen LogP contribution is -2.23. The summed E-state index contributed by atoms with van der Waals surface area (Å²) < 4.78 is 0. The van der Waals surface area contributed by atoms with Gasteiger partial charge in [0.15, 0.2) is 0 Å². The van der Waals surface area contributed by atoms with Gasteiger partial charge in [-0.2, -0.15) is 0 Å². The zero-order valence-electron chi connectivity index (χ0n) is 18.9. The maximum atomic E-state index is 6.11. The summed E-state index contributed by atoms with van der Waals surface area (Å²) >= 11 is 0. The van der Waals surface area contributed by atoms with E-state index in [0.717, 1.165) is 66.7 Å². The quantitative estimate of drug-likeness (QED) is 0.473. The monoisotopic (exact) mass is 428 g/mol. The zero-order valence-corrected chi connectivity index (χ0v) is 18.9. The highest BCUT2D eigenvalue weighted by Crippen LogP contribution is 2.22. The van der Waals surface area contributed by atoms with Gasteiger partial charge < -0.3 is 21.3 Å². The minimum Gasteiger partial charge on any atom is -0.397 e. The van der Waals surface area contributed by atoms with Crippen LogP contribution in [0.2, 0.25) is 0 Å². The molecule has 2 aromatic heterocycles. The zero-order chi connectivity index (χ0) is 22.3. The van der Waals surface area contributed by atoms with Crippen molar-refractivity contribution in [2.24, 2.45) is 5.73 Å². The summed E-state index contributed by atoms with van der Waals surface area (Å²) in [5.74, 6) is 0.887. The van der Waals surface area contributed by atoms with E-state index in [2.05, 4.69) is 69.0 Å². The molecular weight excluding hydrogens is 396 g/mol. The Morgan fingerprint density at radius 3 is 2.88 bits per heavy atom. The first-order valence-corrected chi connectivity index (χ1v) is 11.2. The summed E-state index contributed by atoms with van der Waals surface area (Å²) in [7, 11) is 4.00. The molecule has 0 spiro atoms. The van der Waals surface area contributed by atoms with Gasteiger partial charge in [-0.15, -0.1) is 0 Å². The molecule has 0 amide bonds. The van der Waals surface area contributed by atoms with Gasteiger partial charge in [0.05, 0.1) is 11.4 Å². The second-order valence-electron chi connectivity index (χ2n) is 8.34. The Balaban J connectivity index is 1.34. The Bertz CT molecular complexity index is 1130. The molecule has 0 fully saturated rings. The van der Waals surface area contributed by atoms with Crippen molar-refractivity contribution < 1.29 is 0 Å². The van der Waals surface area contributed by atoms with Crippen LogP contribution in [0, 0.1) is 0 Å². The fraction of sp³-hybridized carbons (Fsp3) is 0.308. The topological polar surface area (TPSA) is 79.1 Å². The molecule has 32 heavy (non-hydrogen) atoms. The highest BCUT2D eigenvalue weighted by atomic mass is 15.1. The third kappa shape index (κ3) is 5.45. The van der Waals surface area contributed by atoms with Crippen molar-refractivity contribution in [3.8, 4) is 0 Å².